The molecule has 0 spiro atoms. The van der Waals surface area contributed by atoms with Gasteiger partial charge in [0, 0.05) is 29.9 Å². The van der Waals surface area contributed by atoms with Crippen LogP contribution in [0.25, 0.3) is 0 Å². The second-order valence-corrected chi connectivity index (χ2v) is 19.1. The maximum absolute atomic E-state index is 11.5. The molecule has 2 rings (SSSR count). The molecular formula is C31H67N2NaO12P3+. The topological polar surface area (TPSA) is 213 Å². The Morgan fingerprint density at radius 3 is 1.55 bits per heavy atom. The molecule has 18 heteroatoms. The molecule has 6 N–H and O–H groups in total. The number of ether oxygens (including phenoxy) is 1. The van der Waals surface area contributed by atoms with E-state index >= 15 is 0 Å². The monoisotopic (exact) mass is 775 g/mol. The predicted molar refractivity (Wildman–Crippen MR) is 195 cm³/mol. The summed E-state index contributed by atoms with van der Waals surface area (Å²) in [6, 6.07) is 9.14. The van der Waals surface area contributed by atoms with E-state index in [1.807, 2.05) is 51.1 Å². The fourth-order valence-corrected chi connectivity index (χ4v) is 5.53. The van der Waals surface area contributed by atoms with Crippen molar-refractivity contribution in [3.63, 3.8) is 0 Å². The van der Waals surface area contributed by atoms with E-state index in [0.29, 0.717) is 6.16 Å². The Balaban J connectivity index is -0.000000133. The van der Waals surface area contributed by atoms with E-state index in [9.17, 15) is 18.5 Å². The Hall–Kier alpha value is -0.270. The molecule has 49 heavy (non-hydrogen) atoms. The SMILES string of the molecule is C.CC(C)(CP(=O)(O)O)NC(=O)OCc1ccccc1.CC(C)(N)CO.CC1(C)CC1.COP(=O)(CC(C)(C)C)OC.CO[P+](=O)OC.[H-].[Na+]. The summed E-state index contributed by atoms with van der Waals surface area (Å²) in [6.45, 7) is 17.3. The quantitative estimate of drug-likeness (QED) is 0.154. The van der Waals surface area contributed by atoms with Gasteiger partial charge in [0.2, 0.25) is 0 Å². The minimum Gasteiger partial charge on any atom is -1.00 e. The number of hydrogen-bond donors (Lipinski definition) is 5. The minimum atomic E-state index is -4.19. The van der Waals surface area contributed by atoms with Gasteiger partial charge in [0.25, 0.3) is 0 Å². The maximum Gasteiger partial charge on any atom is 1.00 e. The zero-order chi connectivity index (χ0) is 37.8. The molecule has 0 aromatic heterocycles. The van der Waals surface area contributed by atoms with Gasteiger partial charge in [-0.15, -0.1) is 9.05 Å². The van der Waals surface area contributed by atoms with Crippen LogP contribution in [0.1, 0.15) is 89.6 Å². The number of nitrogens with one attached hydrogen (secondary N) is 1. The summed E-state index contributed by atoms with van der Waals surface area (Å²) in [5, 5.41) is 10.7. The largest absolute Gasteiger partial charge is 1.00 e. The number of nitrogens with two attached hydrogens (primary N) is 1. The van der Waals surface area contributed by atoms with Gasteiger partial charge in [-0.3, -0.25) is 9.13 Å². The third-order valence-corrected chi connectivity index (χ3v) is 9.68. The molecule has 1 aromatic rings. The summed E-state index contributed by atoms with van der Waals surface area (Å²) >= 11 is 0. The number of carbonyl (C=O) groups excluding carboxylic acids is 1. The number of benzene rings is 1. The van der Waals surface area contributed by atoms with Gasteiger partial charge in [0.15, 0.2) is 0 Å². The molecule has 1 aromatic carbocycles. The third-order valence-electron chi connectivity index (χ3n) is 5.43. The summed E-state index contributed by atoms with van der Waals surface area (Å²) in [7, 11) is -3.35. The molecule has 14 nitrogen and oxygen atoms in total. The molecular weight excluding hydrogens is 708 g/mol. The molecule has 1 aliphatic rings. The second-order valence-electron chi connectivity index (χ2n) is 14.0. The van der Waals surface area contributed by atoms with Gasteiger partial charge in [-0.2, -0.15) is 0 Å². The van der Waals surface area contributed by atoms with Crippen molar-refractivity contribution in [2.45, 2.75) is 100 Å². The number of aliphatic hydroxyl groups excluding tert-OH is 1. The van der Waals surface area contributed by atoms with Crippen LogP contribution in [0.4, 0.5) is 4.79 Å². The third kappa shape index (κ3) is 43.8. The molecule has 0 bridgehead atoms. The Bertz CT molecular complexity index is 1090. The van der Waals surface area contributed by atoms with E-state index in [1.54, 1.807) is 13.8 Å². The van der Waals surface area contributed by atoms with Crippen molar-refractivity contribution < 1.29 is 87.2 Å². The fraction of sp³-hybridized carbons (Fsp3) is 0.774. The molecule has 288 valence electrons. The summed E-state index contributed by atoms with van der Waals surface area (Å²) < 4.78 is 55.3. The number of rotatable bonds is 11. The van der Waals surface area contributed by atoms with E-state index in [-0.39, 0.29) is 57.0 Å². The van der Waals surface area contributed by atoms with Crippen molar-refractivity contribution in [1.29, 1.82) is 0 Å². The van der Waals surface area contributed by atoms with Crippen LogP contribution in [0, 0.1) is 10.8 Å². The van der Waals surface area contributed by atoms with Gasteiger partial charge in [-0.25, -0.2) is 4.79 Å². The van der Waals surface area contributed by atoms with Crippen LogP contribution in [0.3, 0.4) is 0 Å². The van der Waals surface area contributed by atoms with Gasteiger partial charge in [0.05, 0.1) is 33.2 Å². The molecule has 1 saturated carbocycles. The molecule has 1 aliphatic carbocycles. The minimum absolute atomic E-state index is 0. The second kappa shape index (κ2) is 27.4. The van der Waals surface area contributed by atoms with Crippen molar-refractivity contribution in [1.82, 2.24) is 5.32 Å². The first-order valence-electron chi connectivity index (χ1n) is 14.8. The molecule has 0 aliphatic heterocycles. The predicted octanol–water partition coefficient (Wildman–Crippen LogP) is 4.60. The van der Waals surface area contributed by atoms with Gasteiger partial charge in [-0.1, -0.05) is 72.4 Å². The van der Waals surface area contributed by atoms with Crippen molar-refractivity contribution in [2.75, 3.05) is 47.4 Å². The van der Waals surface area contributed by atoms with E-state index in [1.165, 1.54) is 55.1 Å². The van der Waals surface area contributed by atoms with Gasteiger partial charge in [0.1, 0.15) is 6.61 Å². The number of hydrogen-bond acceptors (Lipinski definition) is 11. The van der Waals surface area contributed by atoms with Crippen LogP contribution in [0.15, 0.2) is 30.3 Å². The van der Waals surface area contributed by atoms with Crippen LogP contribution < -0.4 is 40.6 Å². The van der Waals surface area contributed by atoms with E-state index < -0.39 is 46.8 Å². The maximum atomic E-state index is 11.5. The van der Waals surface area contributed by atoms with Crippen LogP contribution >= 0.6 is 23.4 Å². The Kier molecular flexibility index (Phi) is 32.4. The molecule has 0 saturated heterocycles. The van der Waals surface area contributed by atoms with Crippen molar-refractivity contribution in [3.8, 4) is 0 Å². The smallest absolute Gasteiger partial charge is 1.00 e. The molecule has 0 radical (unpaired) electrons. The first-order valence-corrected chi connectivity index (χ1v) is 19.4. The van der Waals surface area contributed by atoms with Crippen LogP contribution in [-0.2, 0) is 43.1 Å². The number of alkyl carbamates (subject to hydrolysis) is 1. The zero-order valence-corrected chi connectivity index (χ0v) is 36.2. The summed E-state index contributed by atoms with van der Waals surface area (Å²) in [5.41, 5.74) is 5.41. The average Bonchev–Trinajstić information content (AvgIpc) is 3.64. The normalized spacial score (nSPS) is 13.2. The number of aliphatic hydroxyl groups is 1. The van der Waals surface area contributed by atoms with Gasteiger partial charge >= 0.3 is 59.1 Å². The Morgan fingerprint density at radius 2 is 1.33 bits per heavy atom. The fourth-order valence-electron chi connectivity index (χ4n) is 2.70. The summed E-state index contributed by atoms with van der Waals surface area (Å²) in [5.74, 6) is 0. The van der Waals surface area contributed by atoms with E-state index in [0.717, 1.165) is 11.0 Å². The number of amides is 1. The van der Waals surface area contributed by atoms with Crippen molar-refractivity contribution in [2.24, 2.45) is 16.6 Å². The first kappa shape index (κ1) is 58.1. The van der Waals surface area contributed by atoms with Crippen LogP contribution in [0.2, 0.25) is 0 Å². The van der Waals surface area contributed by atoms with Crippen LogP contribution in [0.5, 0.6) is 0 Å². The Labute approximate surface area is 320 Å². The van der Waals surface area contributed by atoms with Gasteiger partial charge < -0.3 is 41.2 Å². The molecule has 0 heterocycles. The van der Waals surface area contributed by atoms with Crippen molar-refractivity contribution in [3.05, 3.63) is 35.9 Å². The number of carbonyl (C=O) groups is 1. The molecule has 1 amide bonds. The molecule has 0 atom stereocenters. The average molecular weight is 776 g/mol. The molecule has 0 unspecified atom stereocenters. The Morgan fingerprint density at radius 1 is 0.939 bits per heavy atom. The van der Waals surface area contributed by atoms with Gasteiger partial charge in [-0.05, 0) is 56.9 Å². The van der Waals surface area contributed by atoms with E-state index in [2.05, 4.69) is 28.2 Å². The van der Waals surface area contributed by atoms with Crippen molar-refractivity contribution >= 4 is 29.5 Å². The van der Waals surface area contributed by atoms with E-state index in [4.69, 9.17) is 34.4 Å². The summed E-state index contributed by atoms with van der Waals surface area (Å²) in [6.07, 6.45) is 2.20. The van der Waals surface area contributed by atoms with Crippen LogP contribution in [-0.4, -0.2) is 79.4 Å². The first-order chi connectivity index (χ1) is 21.1. The summed E-state index contributed by atoms with van der Waals surface area (Å²) in [4.78, 5) is 29.3. The standard InChI is InChI=1S/C12H18NO5P.C7H17O3P.C5H10.C4H11NO.C2H6O3P.CH4.Na.H/c1-12(2,9-19(15,16)17)13-11(14)18-8-10-6-4-3-5-7-10;1-7(2,3)6-11(8,9-4)10-5;1-5(2)3-4-5;1-4(2,5)3-6;1-4-6(3)5-2;;;/h3-7H,8-9H2,1-2H3,(H,13,14)(H2,15,16,17);6H2,1-5H3;3-4H2,1-2H3;6H,3,5H2,1-2H3;1-2H3;1H4;;/q;;;;+1;;+1;-1. The zero-order valence-electron chi connectivity index (χ0n) is 32.6. The molecule has 1 fully saturated rings.